The molecule has 1 saturated heterocycles. The monoisotopic (exact) mass is 388 g/mol. The van der Waals surface area contributed by atoms with Crippen LogP contribution in [0.4, 0.5) is 11.4 Å². The van der Waals surface area contributed by atoms with Gasteiger partial charge in [-0.15, -0.1) is 0 Å². The van der Waals surface area contributed by atoms with E-state index in [2.05, 4.69) is 38.3 Å². The van der Waals surface area contributed by atoms with Gasteiger partial charge in [-0.25, -0.2) is 0 Å². The number of aryl methyl sites for hydroxylation is 1. The average molecular weight is 389 g/mol. The number of methoxy groups -OCH3 is 1. The highest BCUT2D eigenvalue weighted by molar-refractivity contribution is 9.10. The Kier molecular flexibility index (Phi) is 5.09. The molecule has 1 N–H and O–H groups in total. The van der Waals surface area contributed by atoms with E-state index in [1.807, 2.05) is 25.1 Å². The number of nitrogens with one attached hydrogen (secondary N) is 1. The lowest BCUT2D eigenvalue weighted by atomic mass is 10.1. The molecule has 0 unspecified atom stereocenters. The maximum atomic E-state index is 12.6. The minimum absolute atomic E-state index is 0.155. The van der Waals surface area contributed by atoms with E-state index in [9.17, 15) is 4.79 Å². The number of carbonyl (C=O) groups is 1. The first kappa shape index (κ1) is 16.8. The number of hydrogen-bond donors (Lipinski definition) is 1. The number of ether oxygens (including phenoxy) is 1. The van der Waals surface area contributed by atoms with Crippen molar-refractivity contribution in [3.63, 3.8) is 0 Å². The molecule has 0 aliphatic carbocycles. The second-order valence-corrected chi connectivity index (χ2v) is 6.85. The minimum Gasteiger partial charge on any atom is -0.497 e. The summed E-state index contributed by atoms with van der Waals surface area (Å²) in [6.45, 7) is 4.25. The molecule has 126 valence electrons. The molecule has 0 radical (unpaired) electrons. The number of benzene rings is 2. The van der Waals surface area contributed by atoms with Crippen LogP contribution in [0, 0.1) is 6.92 Å². The fourth-order valence-corrected chi connectivity index (χ4v) is 3.38. The van der Waals surface area contributed by atoms with Crippen molar-refractivity contribution in [2.45, 2.75) is 19.8 Å². The summed E-state index contributed by atoms with van der Waals surface area (Å²) in [6, 6.07) is 11.6. The lowest BCUT2D eigenvalue weighted by Crippen LogP contribution is -2.18. The van der Waals surface area contributed by atoms with Gasteiger partial charge in [-0.3, -0.25) is 4.79 Å². The second kappa shape index (κ2) is 7.26. The summed E-state index contributed by atoms with van der Waals surface area (Å²) >= 11 is 3.43. The molecule has 3 rings (SSSR count). The van der Waals surface area contributed by atoms with Crippen molar-refractivity contribution in [2.24, 2.45) is 0 Å². The third-order valence-electron chi connectivity index (χ3n) is 4.35. The molecule has 1 fully saturated rings. The van der Waals surface area contributed by atoms with Crippen LogP contribution in [0.3, 0.4) is 0 Å². The summed E-state index contributed by atoms with van der Waals surface area (Å²) in [7, 11) is 1.59. The predicted molar refractivity (Wildman–Crippen MR) is 101 cm³/mol. The molecule has 24 heavy (non-hydrogen) atoms. The van der Waals surface area contributed by atoms with E-state index in [0.29, 0.717) is 11.3 Å². The Bertz CT molecular complexity index is 755. The zero-order valence-electron chi connectivity index (χ0n) is 13.9. The van der Waals surface area contributed by atoms with Crippen molar-refractivity contribution in [2.75, 3.05) is 30.4 Å². The number of anilines is 2. The van der Waals surface area contributed by atoms with Crippen LogP contribution in [0.1, 0.15) is 28.8 Å². The minimum atomic E-state index is -0.155. The molecule has 2 aromatic carbocycles. The van der Waals surface area contributed by atoms with Crippen LogP contribution in [0.15, 0.2) is 40.9 Å². The summed E-state index contributed by atoms with van der Waals surface area (Å²) < 4.78 is 5.94. The van der Waals surface area contributed by atoms with Gasteiger partial charge in [0.15, 0.2) is 0 Å². The first-order valence-corrected chi connectivity index (χ1v) is 8.88. The van der Waals surface area contributed by atoms with E-state index in [1.54, 1.807) is 13.2 Å². The van der Waals surface area contributed by atoms with Gasteiger partial charge in [-0.1, -0.05) is 0 Å². The van der Waals surface area contributed by atoms with E-state index in [-0.39, 0.29) is 5.91 Å². The number of halogens is 1. The van der Waals surface area contributed by atoms with Gasteiger partial charge < -0.3 is 15.0 Å². The first-order chi connectivity index (χ1) is 11.6. The molecular formula is C19H21BrN2O2. The van der Waals surface area contributed by atoms with Gasteiger partial charge in [0, 0.05) is 28.9 Å². The van der Waals surface area contributed by atoms with Crippen LogP contribution in [-0.2, 0) is 0 Å². The Balaban J connectivity index is 1.79. The third-order valence-corrected chi connectivity index (χ3v) is 5.04. The Morgan fingerprint density at radius 1 is 1.17 bits per heavy atom. The molecule has 1 aliphatic heterocycles. The Morgan fingerprint density at radius 3 is 2.58 bits per heavy atom. The molecule has 1 heterocycles. The predicted octanol–water partition coefficient (Wildman–Crippen LogP) is 4.62. The molecule has 4 nitrogen and oxygen atoms in total. The van der Waals surface area contributed by atoms with Crippen molar-refractivity contribution in [1.29, 1.82) is 0 Å². The van der Waals surface area contributed by atoms with E-state index in [0.717, 1.165) is 28.8 Å². The third kappa shape index (κ3) is 3.56. The SMILES string of the molecule is COc1ccc(Br)c(C(=O)Nc2ccc(N3CCCC3)cc2C)c1. The molecule has 0 aromatic heterocycles. The quantitative estimate of drug-likeness (QED) is 0.830. The van der Waals surface area contributed by atoms with Gasteiger partial charge in [0.05, 0.1) is 12.7 Å². The molecule has 1 amide bonds. The fourth-order valence-electron chi connectivity index (χ4n) is 2.96. The van der Waals surface area contributed by atoms with Crippen LogP contribution < -0.4 is 15.0 Å². The van der Waals surface area contributed by atoms with Crippen LogP contribution >= 0.6 is 15.9 Å². The molecule has 5 heteroatoms. The largest absolute Gasteiger partial charge is 0.497 e. The number of rotatable bonds is 4. The summed E-state index contributed by atoms with van der Waals surface area (Å²) in [5, 5.41) is 2.99. The average Bonchev–Trinajstić information content (AvgIpc) is 3.11. The molecular weight excluding hydrogens is 368 g/mol. The highest BCUT2D eigenvalue weighted by Crippen LogP contribution is 2.27. The first-order valence-electron chi connectivity index (χ1n) is 8.09. The maximum Gasteiger partial charge on any atom is 0.256 e. The summed E-state index contributed by atoms with van der Waals surface area (Å²) in [4.78, 5) is 15.0. The molecule has 0 saturated carbocycles. The van der Waals surface area contributed by atoms with Gasteiger partial charge in [0.2, 0.25) is 0 Å². The molecule has 2 aromatic rings. The van der Waals surface area contributed by atoms with Gasteiger partial charge in [0.25, 0.3) is 5.91 Å². The van der Waals surface area contributed by atoms with Crippen molar-refractivity contribution < 1.29 is 9.53 Å². The Morgan fingerprint density at radius 2 is 1.92 bits per heavy atom. The lowest BCUT2D eigenvalue weighted by Gasteiger charge is -2.19. The number of hydrogen-bond acceptors (Lipinski definition) is 3. The highest BCUT2D eigenvalue weighted by Gasteiger charge is 2.15. The topological polar surface area (TPSA) is 41.6 Å². The highest BCUT2D eigenvalue weighted by atomic mass is 79.9. The van der Waals surface area contributed by atoms with E-state index >= 15 is 0 Å². The van der Waals surface area contributed by atoms with Gasteiger partial charge in [-0.05, 0) is 77.7 Å². The van der Waals surface area contributed by atoms with Crippen molar-refractivity contribution in [1.82, 2.24) is 0 Å². The van der Waals surface area contributed by atoms with E-state index in [4.69, 9.17) is 4.74 Å². The van der Waals surface area contributed by atoms with Crippen LogP contribution in [0.25, 0.3) is 0 Å². The summed E-state index contributed by atoms with van der Waals surface area (Å²) in [5.41, 5.74) is 3.67. The normalized spacial score (nSPS) is 13.9. The van der Waals surface area contributed by atoms with E-state index in [1.165, 1.54) is 18.5 Å². The number of nitrogens with zero attached hydrogens (tertiary/aromatic N) is 1. The van der Waals surface area contributed by atoms with Gasteiger partial charge in [0.1, 0.15) is 5.75 Å². The Hall–Kier alpha value is -2.01. The Labute approximate surface area is 150 Å². The van der Waals surface area contributed by atoms with Gasteiger partial charge >= 0.3 is 0 Å². The van der Waals surface area contributed by atoms with Crippen LogP contribution in [0.5, 0.6) is 5.75 Å². The van der Waals surface area contributed by atoms with Crippen LogP contribution in [0.2, 0.25) is 0 Å². The number of carbonyl (C=O) groups excluding carboxylic acids is 1. The molecule has 0 atom stereocenters. The van der Waals surface area contributed by atoms with E-state index < -0.39 is 0 Å². The standard InChI is InChI=1S/C19H21BrN2O2/c1-13-11-14(22-9-3-4-10-22)5-8-18(13)21-19(23)16-12-15(24-2)6-7-17(16)20/h5-8,11-12H,3-4,9-10H2,1-2H3,(H,21,23). The van der Waals surface area contributed by atoms with Crippen molar-refractivity contribution in [3.05, 3.63) is 52.0 Å². The summed E-state index contributed by atoms with van der Waals surface area (Å²) in [5.74, 6) is 0.502. The molecule has 0 bridgehead atoms. The summed E-state index contributed by atoms with van der Waals surface area (Å²) in [6.07, 6.45) is 2.50. The van der Waals surface area contributed by atoms with Crippen molar-refractivity contribution in [3.8, 4) is 5.75 Å². The van der Waals surface area contributed by atoms with Crippen molar-refractivity contribution >= 4 is 33.2 Å². The van der Waals surface area contributed by atoms with Crippen LogP contribution in [-0.4, -0.2) is 26.1 Å². The number of amides is 1. The zero-order valence-corrected chi connectivity index (χ0v) is 15.5. The smallest absolute Gasteiger partial charge is 0.256 e. The molecule has 1 aliphatic rings. The fraction of sp³-hybridized carbons (Fsp3) is 0.316. The lowest BCUT2D eigenvalue weighted by molar-refractivity contribution is 0.102. The maximum absolute atomic E-state index is 12.6. The zero-order chi connectivity index (χ0) is 17.1. The molecule has 0 spiro atoms. The second-order valence-electron chi connectivity index (χ2n) is 5.99. The van der Waals surface area contributed by atoms with Gasteiger partial charge in [-0.2, -0.15) is 0 Å².